The highest BCUT2D eigenvalue weighted by Crippen LogP contribution is 2.56. The SMILES string of the molecule is O=C(CN1CCN(C(=O)C2C3CC4CC(C3)CC2C4)CC1)Nc1ccccc1. The summed E-state index contributed by atoms with van der Waals surface area (Å²) in [4.78, 5) is 29.8. The van der Waals surface area contributed by atoms with E-state index in [4.69, 9.17) is 0 Å². The van der Waals surface area contributed by atoms with Crippen LogP contribution in [0.15, 0.2) is 30.3 Å². The van der Waals surface area contributed by atoms with Gasteiger partial charge in [0.25, 0.3) is 0 Å². The van der Waals surface area contributed by atoms with Gasteiger partial charge in [0.2, 0.25) is 11.8 Å². The van der Waals surface area contributed by atoms with E-state index in [1.807, 2.05) is 30.3 Å². The average molecular weight is 382 g/mol. The van der Waals surface area contributed by atoms with Crippen LogP contribution in [0.4, 0.5) is 5.69 Å². The largest absolute Gasteiger partial charge is 0.340 e. The maximum absolute atomic E-state index is 13.3. The number of carbonyl (C=O) groups excluding carboxylic acids is 2. The van der Waals surface area contributed by atoms with Crippen LogP contribution in [-0.4, -0.2) is 54.3 Å². The first kappa shape index (κ1) is 18.2. The summed E-state index contributed by atoms with van der Waals surface area (Å²) >= 11 is 0. The van der Waals surface area contributed by atoms with Gasteiger partial charge in [-0.25, -0.2) is 0 Å². The van der Waals surface area contributed by atoms with Crippen LogP contribution in [0.2, 0.25) is 0 Å². The molecule has 6 rings (SSSR count). The van der Waals surface area contributed by atoms with Crippen LogP contribution in [0, 0.1) is 29.6 Å². The molecule has 4 aliphatic carbocycles. The van der Waals surface area contributed by atoms with E-state index in [1.165, 1.54) is 32.1 Å². The van der Waals surface area contributed by atoms with Crippen molar-refractivity contribution in [2.24, 2.45) is 29.6 Å². The molecule has 0 unspecified atom stereocenters. The maximum Gasteiger partial charge on any atom is 0.238 e. The summed E-state index contributed by atoms with van der Waals surface area (Å²) in [6, 6.07) is 9.59. The number of para-hydroxylation sites is 1. The van der Waals surface area contributed by atoms with E-state index in [1.54, 1.807) is 0 Å². The molecule has 150 valence electrons. The predicted octanol–water partition coefficient (Wildman–Crippen LogP) is 2.84. The van der Waals surface area contributed by atoms with Gasteiger partial charge >= 0.3 is 0 Å². The van der Waals surface area contributed by atoms with E-state index in [-0.39, 0.29) is 5.91 Å². The number of anilines is 1. The third-order valence-electron chi connectivity index (χ3n) is 7.62. The van der Waals surface area contributed by atoms with Crippen LogP contribution >= 0.6 is 0 Å². The molecule has 1 saturated heterocycles. The second kappa shape index (κ2) is 7.51. The summed E-state index contributed by atoms with van der Waals surface area (Å²) in [7, 11) is 0. The fraction of sp³-hybridized carbons (Fsp3) is 0.652. The molecule has 4 saturated carbocycles. The summed E-state index contributed by atoms with van der Waals surface area (Å²) < 4.78 is 0. The Kier molecular flexibility index (Phi) is 4.87. The van der Waals surface area contributed by atoms with Crippen molar-refractivity contribution < 1.29 is 9.59 Å². The monoisotopic (exact) mass is 381 g/mol. The first-order chi connectivity index (χ1) is 13.7. The molecule has 2 amide bonds. The molecule has 0 spiro atoms. The van der Waals surface area contributed by atoms with E-state index < -0.39 is 0 Å². The minimum Gasteiger partial charge on any atom is -0.340 e. The normalized spacial score (nSPS) is 34.4. The first-order valence-electron chi connectivity index (χ1n) is 11.0. The van der Waals surface area contributed by atoms with Gasteiger partial charge in [-0.3, -0.25) is 14.5 Å². The molecule has 5 heteroatoms. The summed E-state index contributed by atoms with van der Waals surface area (Å²) in [5.41, 5.74) is 0.836. The van der Waals surface area contributed by atoms with Gasteiger partial charge in [0.05, 0.1) is 6.54 Å². The number of carbonyl (C=O) groups is 2. The van der Waals surface area contributed by atoms with Crippen molar-refractivity contribution in [3.63, 3.8) is 0 Å². The van der Waals surface area contributed by atoms with E-state index in [2.05, 4.69) is 15.1 Å². The zero-order chi connectivity index (χ0) is 19.1. The predicted molar refractivity (Wildman–Crippen MR) is 109 cm³/mol. The van der Waals surface area contributed by atoms with Gasteiger partial charge in [-0.2, -0.15) is 0 Å². The molecule has 1 N–H and O–H groups in total. The third-order valence-corrected chi connectivity index (χ3v) is 7.62. The molecule has 1 aromatic rings. The minimum absolute atomic E-state index is 0.0204. The lowest BCUT2D eigenvalue weighted by Gasteiger charge is -2.54. The van der Waals surface area contributed by atoms with Gasteiger partial charge in [-0.1, -0.05) is 18.2 Å². The standard InChI is InChI=1S/C23H31N3O2/c27-21(24-20-4-2-1-3-5-20)15-25-6-8-26(9-7-25)23(28)22-18-11-16-10-17(13-18)14-19(22)12-16/h1-5,16-19,22H,6-15H2,(H,24,27). The highest BCUT2D eigenvalue weighted by molar-refractivity contribution is 5.92. The molecular weight excluding hydrogens is 350 g/mol. The Morgan fingerprint density at radius 3 is 2.07 bits per heavy atom. The van der Waals surface area contributed by atoms with Gasteiger partial charge in [-0.05, 0) is 67.9 Å². The highest BCUT2D eigenvalue weighted by Gasteiger charge is 2.51. The first-order valence-corrected chi connectivity index (χ1v) is 11.0. The van der Waals surface area contributed by atoms with Crippen molar-refractivity contribution in [2.75, 3.05) is 38.0 Å². The Labute approximate surface area is 167 Å². The molecule has 1 aromatic carbocycles. The molecule has 5 fully saturated rings. The molecule has 5 aliphatic rings. The van der Waals surface area contributed by atoms with Gasteiger partial charge in [0.15, 0.2) is 0 Å². The number of nitrogens with zero attached hydrogens (tertiary/aromatic N) is 2. The second-order valence-corrected chi connectivity index (χ2v) is 9.47. The number of hydrogen-bond acceptors (Lipinski definition) is 3. The van der Waals surface area contributed by atoms with E-state index >= 15 is 0 Å². The highest BCUT2D eigenvalue weighted by atomic mass is 16.2. The Morgan fingerprint density at radius 1 is 0.857 bits per heavy atom. The van der Waals surface area contributed by atoms with E-state index in [0.29, 0.717) is 30.2 Å². The molecule has 1 heterocycles. The number of amides is 2. The molecule has 0 atom stereocenters. The molecule has 0 aromatic heterocycles. The zero-order valence-corrected chi connectivity index (χ0v) is 16.6. The van der Waals surface area contributed by atoms with Crippen LogP contribution < -0.4 is 5.32 Å². The Bertz CT molecular complexity index is 699. The lowest BCUT2D eigenvalue weighted by molar-refractivity contribution is -0.150. The quantitative estimate of drug-likeness (QED) is 0.873. The zero-order valence-electron chi connectivity index (χ0n) is 16.6. The maximum atomic E-state index is 13.3. The minimum atomic E-state index is 0.0204. The van der Waals surface area contributed by atoms with E-state index in [9.17, 15) is 9.59 Å². The van der Waals surface area contributed by atoms with Crippen molar-refractivity contribution in [2.45, 2.75) is 32.1 Å². The van der Waals surface area contributed by atoms with Crippen LogP contribution in [-0.2, 0) is 9.59 Å². The average Bonchev–Trinajstić information content (AvgIpc) is 2.68. The second-order valence-electron chi connectivity index (χ2n) is 9.47. The molecular formula is C23H31N3O2. The third kappa shape index (κ3) is 3.57. The molecule has 28 heavy (non-hydrogen) atoms. The van der Waals surface area contributed by atoms with Crippen molar-refractivity contribution in [3.05, 3.63) is 30.3 Å². The number of benzene rings is 1. The van der Waals surface area contributed by atoms with Gasteiger partial charge in [0.1, 0.15) is 0 Å². The van der Waals surface area contributed by atoms with Gasteiger partial charge in [-0.15, -0.1) is 0 Å². The number of nitrogens with one attached hydrogen (secondary N) is 1. The van der Waals surface area contributed by atoms with Crippen LogP contribution in [0.1, 0.15) is 32.1 Å². The van der Waals surface area contributed by atoms with Gasteiger partial charge in [0, 0.05) is 37.8 Å². The lowest BCUT2D eigenvalue weighted by Crippen LogP contribution is -2.56. The number of hydrogen-bond donors (Lipinski definition) is 1. The Morgan fingerprint density at radius 2 is 1.46 bits per heavy atom. The van der Waals surface area contributed by atoms with E-state index in [0.717, 1.165) is 43.7 Å². The fourth-order valence-corrected chi connectivity index (χ4v) is 6.59. The van der Waals surface area contributed by atoms with Crippen molar-refractivity contribution in [1.82, 2.24) is 9.80 Å². The Balaban J connectivity index is 1.12. The van der Waals surface area contributed by atoms with Crippen molar-refractivity contribution in [3.8, 4) is 0 Å². The summed E-state index contributed by atoms with van der Waals surface area (Å²) in [5, 5.41) is 2.95. The van der Waals surface area contributed by atoms with Crippen LogP contribution in [0.5, 0.6) is 0 Å². The molecule has 4 bridgehead atoms. The summed E-state index contributed by atoms with van der Waals surface area (Å²) in [6.45, 7) is 3.51. The Hall–Kier alpha value is -1.88. The van der Waals surface area contributed by atoms with Crippen LogP contribution in [0.25, 0.3) is 0 Å². The fourth-order valence-electron chi connectivity index (χ4n) is 6.59. The van der Waals surface area contributed by atoms with Crippen LogP contribution in [0.3, 0.4) is 0 Å². The number of rotatable bonds is 4. The topological polar surface area (TPSA) is 52.7 Å². The summed E-state index contributed by atoms with van der Waals surface area (Å²) in [5.74, 6) is 3.85. The lowest BCUT2D eigenvalue weighted by atomic mass is 9.51. The molecule has 0 radical (unpaired) electrons. The van der Waals surface area contributed by atoms with Crippen molar-refractivity contribution >= 4 is 17.5 Å². The smallest absolute Gasteiger partial charge is 0.238 e. The van der Waals surface area contributed by atoms with Gasteiger partial charge < -0.3 is 10.2 Å². The summed E-state index contributed by atoms with van der Waals surface area (Å²) in [6.07, 6.45) is 6.61. The molecule has 1 aliphatic heterocycles. The van der Waals surface area contributed by atoms with Crippen molar-refractivity contribution in [1.29, 1.82) is 0 Å². The molecule has 5 nitrogen and oxygen atoms in total. The number of piperazine rings is 1.